The number of fused-ring (bicyclic) bond motifs is 1. The molecule has 0 spiro atoms. The van der Waals surface area contributed by atoms with Gasteiger partial charge in [-0.25, -0.2) is 9.78 Å². The van der Waals surface area contributed by atoms with Crippen molar-refractivity contribution in [3.8, 4) is 17.0 Å². The van der Waals surface area contributed by atoms with Crippen molar-refractivity contribution in [2.75, 3.05) is 46.0 Å². The highest BCUT2D eigenvalue weighted by Crippen LogP contribution is 2.38. The molecule has 0 radical (unpaired) electrons. The van der Waals surface area contributed by atoms with Gasteiger partial charge < -0.3 is 14.6 Å². The van der Waals surface area contributed by atoms with Crippen LogP contribution in [0.15, 0.2) is 42.5 Å². The van der Waals surface area contributed by atoms with Crippen molar-refractivity contribution in [2.45, 2.75) is 38.5 Å². The minimum atomic E-state index is -4.54. The van der Waals surface area contributed by atoms with Crippen LogP contribution in [0.3, 0.4) is 0 Å². The molecule has 3 heterocycles. The van der Waals surface area contributed by atoms with Gasteiger partial charge in [-0.3, -0.25) is 9.80 Å². The molecule has 2 fully saturated rings. The first-order valence-electron chi connectivity index (χ1n) is 13.3. The number of aromatic nitrogens is 1. The molecule has 2 saturated heterocycles. The first-order valence-corrected chi connectivity index (χ1v) is 13.3. The third-order valence-corrected chi connectivity index (χ3v) is 7.56. The summed E-state index contributed by atoms with van der Waals surface area (Å²) >= 11 is 0. The summed E-state index contributed by atoms with van der Waals surface area (Å²) in [5, 5.41) is 10.8. The smallest absolute Gasteiger partial charge is 0.416 e. The van der Waals surface area contributed by atoms with Crippen molar-refractivity contribution >= 4 is 16.9 Å². The molecule has 2 aliphatic heterocycles. The third-order valence-electron chi connectivity index (χ3n) is 7.56. The number of carboxylic acid groups (broad SMARTS) is 1. The van der Waals surface area contributed by atoms with Gasteiger partial charge in [0.2, 0.25) is 0 Å². The van der Waals surface area contributed by atoms with Gasteiger partial charge in [-0.1, -0.05) is 24.3 Å². The maximum absolute atomic E-state index is 13.6. The average Bonchev–Trinajstić information content (AvgIpc) is 2.93. The molecule has 0 aliphatic carbocycles. The normalized spacial score (nSPS) is 17.9. The molecule has 3 aromatic rings. The first kappa shape index (κ1) is 27.4. The average molecular weight is 544 g/mol. The minimum Gasteiger partial charge on any atom is -0.492 e. The van der Waals surface area contributed by atoms with Crippen molar-refractivity contribution in [3.63, 3.8) is 0 Å². The van der Waals surface area contributed by atoms with Crippen LogP contribution in [-0.4, -0.2) is 77.9 Å². The van der Waals surface area contributed by atoms with Gasteiger partial charge in [0.1, 0.15) is 11.3 Å². The minimum absolute atomic E-state index is 0.0456. The molecule has 10 heteroatoms. The van der Waals surface area contributed by atoms with Gasteiger partial charge in [0.15, 0.2) is 0 Å². The number of nitrogens with zero attached hydrogens (tertiary/aromatic N) is 3. The molecule has 39 heavy (non-hydrogen) atoms. The molecule has 1 N–H and O–H groups in total. The zero-order valence-corrected chi connectivity index (χ0v) is 21.8. The summed E-state index contributed by atoms with van der Waals surface area (Å²) in [5.74, 6) is -0.758. The molecule has 208 valence electrons. The summed E-state index contributed by atoms with van der Waals surface area (Å²) in [5.41, 5.74) is 0.414. The topological polar surface area (TPSA) is 75.1 Å². The van der Waals surface area contributed by atoms with E-state index in [9.17, 15) is 23.1 Å². The predicted octanol–water partition coefficient (Wildman–Crippen LogP) is 5.31. The maximum atomic E-state index is 13.6. The number of pyridine rings is 1. The van der Waals surface area contributed by atoms with Crippen LogP contribution in [-0.2, 0) is 17.5 Å². The van der Waals surface area contributed by atoms with Crippen LogP contribution in [0.25, 0.3) is 22.2 Å². The van der Waals surface area contributed by atoms with Gasteiger partial charge in [0.25, 0.3) is 0 Å². The molecule has 2 aliphatic rings. The Kier molecular flexibility index (Phi) is 8.06. The van der Waals surface area contributed by atoms with Crippen LogP contribution in [0, 0.1) is 0 Å². The molecule has 2 aromatic carbocycles. The highest BCUT2D eigenvalue weighted by atomic mass is 19.4. The number of halogens is 3. The fourth-order valence-electron chi connectivity index (χ4n) is 5.66. The molecule has 5 rings (SSSR count). The van der Waals surface area contributed by atoms with Crippen LogP contribution in [0.1, 0.15) is 41.3 Å². The monoisotopic (exact) mass is 543 g/mol. The van der Waals surface area contributed by atoms with Crippen LogP contribution in [0.4, 0.5) is 13.2 Å². The number of rotatable bonds is 7. The lowest BCUT2D eigenvalue weighted by atomic mass is 9.94. The van der Waals surface area contributed by atoms with Crippen LogP contribution in [0.5, 0.6) is 5.75 Å². The van der Waals surface area contributed by atoms with Gasteiger partial charge in [-0.15, -0.1) is 0 Å². The van der Waals surface area contributed by atoms with Crippen LogP contribution >= 0.6 is 0 Å². The summed E-state index contributed by atoms with van der Waals surface area (Å²) < 4.78 is 52.1. The number of ether oxygens (including phenoxy) is 2. The Bertz CT molecular complexity index is 1330. The largest absolute Gasteiger partial charge is 0.492 e. The summed E-state index contributed by atoms with van der Waals surface area (Å²) in [7, 11) is 0. The number of aromatic carboxylic acids is 1. The van der Waals surface area contributed by atoms with E-state index in [4.69, 9.17) is 14.5 Å². The molecule has 0 unspecified atom stereocenters. The lowest BCUT2D eigenvalue weighted by molar-refractivity contribution is -0.137. The molecule has 1 aromatic heterocycles. The number of benzene rings is 2. The van der Waals surface area contributed by atoms with Gasteiger partial charge in [-0.2, -0.15) is 13.2 Å². The van der Waals surface area contributed by atoms with E-state index >= 15 is 0 Å². The Morgan fingerprint density at radius 1 is 1.10 bits per heavy atom. The summed E-state index contributed by atoms with van der Waals surface area (Å²) in [4.78, 5) is 22.1. The lowest BCUT2D eigenvalue weighted by Gasteiger charge is -2.40. The Hall–Kier alpha value is -3.21. The quantitative estimate of drug-likeness (QED) is 0.433. The summed E-state index contributed by atoms with van der Waals surface area (Å²) in [6.07, 6.45) is -2.69. The summed E-state index contributed by atoms with van der Waals surface area (Å²) in [6.45, 7) is 7.19. The fourth-order valence-corrected chi connectivity index (χ4v) is 5.66. The Morgan fingerprint density at radius 2 is 1.82 bits per heavy atom. The second kappa shape index (κ2) is 11.5. The fraction of sp³-hybridized carbons (Fsp3) is 0.448. The number of carbonyl (C=O) groups is 1. The Labute approximate surface area is 225 Å². The second-order valence-corrected chi connectivity index (χ2v) is 9.94. The van der Waals surface area contributed by atoms with E-state index in [2.05, 4.69) is 9.80 Å². The SMILES string of the molecule is CCOc1cccc2c(C(=O)O)c(CN3CCC(N4CCOCC4)CC3)c(-c3cccc(C(F)(F)F)c3)nc12. The zero-order chi connectivity index (χ0) is 27.6. The highest BCUT2D eigenvalue weighted by Gasteiger charge is 2.32. The molecule has 0 atom stereocenters. The van der Waals surface area contributed by atoms with Crippen molar-refractivity contribution in [1.82, 2.24) is 14.8 Å². The number of hydrogen-bond donors (Lipinski definition) is 1. The number of morpholine rings is 1. The molecule has 7 nitrogen and oxygen atoms in total. The molecule has 0 saturated carbocycles. The van der Waals surface area contributed by atoms with Crippen LogP contribution in [0.2, 0.25) is 0 Å². The van der Waals surface area contributed by atoms with E-state index in [-0.39, 0.29) is 23.4 Å². The van der Waals surface area contributed by atoms with Gasteiger partial charge >= 0.3 is 12.1 Å². The van der Waals surface area contributed by atoms with Gasteiger partial charge in [-0.05, 0) is 51.1 Å². The van der Waals surface area contributed by atoms with Crippen LogP contribution < -0.4 is 4.74 Å². The van der Waals surface area contributed by atoms with Gasteiger partial charge in [0, 0.05) is 42.2 Å². The third kappa shape index (κ3) is 5.88. The van der Waals surface area contributed by atoms with E-state index in [1.807, 2.05) is 0 Å². The maximum Gasteiger partial charge on any atom is 0.416 e. The van der Waals surface area contributed by atoms with E-state index in [1.54, 1.807) is 31.2 Å². The zero-order valence-electron chi connectivity index (χ0n) is 21.8. The standard InChI is InChI=1S/C29H32F3N3O4/c1-2-39-24-8-4-7-22-25(28(36)37)23(18-34-11-9-21(10-12-34)35-13-15-38-16-14-35)26(33-27(22)24)19-5-3-6-20(17-19)29(30,31)32/h3-8,17,21H,2,9-16,18H2,1H3,(H,36,37). The lowest BCUT2D eigenvalue weighted by Crippen LogP contribution is -2.48. The van der Waals surface area contributed by atoms with Crippen molar-refractivity contribution < 1.29 is 32.5 Å². The van der Waals surface area contributed by atoms with Crippen molar-refractivity contribution in [1.29, 1.82) is 0 Å². The Balaban J connectivity index is 1.58. The van der Waals surface area contributed by atoms with E-state index in [0.717, 1.165) is 64.4 Å². The molecule has 0 amide bonds. The molecular formula is C29H32F3N3O4. The number of hydrogen-bond acceptors (Lipinski definition) is 6. The number of alkyl halides is 3. The summed E-state index contributed by atoms with van der Waals surface area (Å²) in [6, 6.07) is 10.4. The molecular weight excluding hydrogens is 511 g/mol. The number of carboxylic acids is 1. The highest BCUT2D eigenvalue weighted by molar-refractivity contribution is 6.07. The number of likely N-dealkylation sites (tertiary alicyclic amines) is 1. The first-order chi connectivity index (χ1) is 18.8. The van der Waals surface area contributed by atoms with E-state index < -0.39 is 17.7 Å². The Morgan fingerprint density at radius 3 is 2.49 bits per heavy atom. The van der Waals surface area contributed by atoms with Crippen molar-refractivity contribution in [2.24, 2.45) is 0 Å². The number of piperidine rings is 1. The van der Waals surface area contributed by atoms with Gasteiger partial charge in [0.05, 0.1) is 36.6 Å². The molecule has 0 bridgehead atoms. The van der Waals surface area contributed by atoms with E-state index in [1.165, 1.54) is 6.07 Å². The number of para-hydroxylation sites is 1. The predicted molar refractivity (Wildman–Crippen MR) is 141 cm³/mol. The van der Waals surface area contributed by atoms with E-state index in [0.29, 0.717) is 34.9 Å². The van der Waals surface area contributed by atoms with Crippen molar-refractivity contribution in [3.05, 3.63) is 59.2 Å². The second-order valence-electron chi connectivity index (χ2n) is 9.94.